The van der Waals surface area contributed by atoms with Crippen LogP contribution in [0.4, 0.5) is 4.39 Å². The molecule has 4 rings (SSSR count). The zero-order valence-corrected chi connectivity index (χ0v) is 21.7. The van der Waals surface area contributed by atoms with E-state index in [4.69, 9.17) is 0 Å². The number of thiophene rings is 1. The number of hydrogen-bond acceptors (Lipinski definition) is 4. The van der Waals surface area contributed by atoms with E-state index in [1.165, 1.54) is 42.2 Å². The minimum absolute atomic E-state index is 0.0908. The fourth-order valence-corrected chi connectivity index (χ4v) is 6.20. The number of rotatable bonds is 10. The van der Waals surface area contributed by atoms with Crippen molar-refractivity contribution in [3.8, 4) is 0 Å². The molecule has 0 saturated carbocycles. The normalized spacial score (nSPS) is 18.5. The fourth-order valence-electron chi connectivity index (χ4n) is 5.30. The Bertz CT molecular complexity index is 986. The molecule has 0 bridgehead atoms. The van der Waals surface area contributed by atoms with Gasteiger partial charge < -0.3 is 9.80 Å². The number of amides is 2. The molecular weight excluding hydrogens is 461 g/mol. The van der Waals surface area contributed by atoms with Gasteiger partial charge in [0.05, 0.1) is 12.6 Å². The predicted octanol–water partition coefficient (Wildman–Crippen LogP) is 5.26. The van der Waals surface area contributed by atoms with Crippen molar-refractivity contribution in [2.75, 3.05) is 39.3 Å². The molecule has 7 heteroatoms. The molecule has 0 N–H and O–H groups in total. The van der Waals surface area contributed by atoms with E-state index in [0.717, 1.165) is 31.4 Å². The first kappa shape index (κ1) is 25.8. The van der Waals surface area contributed by atoms with Crippen molar-refractivity contribution in [3.63, 3.8) is 0 Å². The topological polar surface area (TPSA) is 43.9 Å². The molecule has 0 aliphatic carbocycles. The molecule has 2 amide bonds. The molecule has 1 saturated heterocycles. The molecule has 0 radical (unpaired) electrons. The van der Waals surface area contributed by atoms with Gasteiger partial charge in [0, 0.05) is 44.0 Å². The molecule has 0 spiro atoms. The van der Waals surface area contributed by atoms with Gasteiger partial charge in [-0.1, -0.05) is 51.2 Å². The number of nitrogens with zero attached hydrogens (tertiary/aromatic N) is 3. The smallest absolute Gasteiger partial charge is 0.236 e. The second-order valence-corrected chi connectivity index (χ2v) is 10.8. The molecule has 1 aromatic heterocycles. The van der Waals surface area contributed by atoms with Crippen molar-refractivity contribution >= 4 is 23.2 Å². The number of halogens is 1. The van der Waals surface area contributed by atoms with E-state index in [9.17, 15) is 14.0 Å². The molecule has 1 unspecified atom stereocenters. The lowest BCUT2D eigenvalue weighted by Crippen LogP contribution is -2.53. The molecule has 2 aliphatic rings. The Morgan fingerprint density at radius 3 is 2.40 bits per heavy atom. The summed E-state index contributed by atoms with van der Waals surface area (Å²) in [6.07, 6.45) is 8.60. The average molecular weight is 500 g/mol. The van der Waals surface area contributed by atoms with Crippen LogP contribution in [0.15, 0.2) is 35.7 Å². The third kappa shape index (κ3) is 6.70. The summed E-state index contributed by atoms with van der Waals surface area (Å²) >= 11 is 1.74. The van der Waals surface area contributed by atoms with E-state index in [1.807, 2.05) is 15.9 Å². The third-order valence-corrected chi connectivity index (χ3v) is 8.29. The Morgan fingerprint density at radius 1 is 0.943 bits per heavy atom. The molecule has 3 heterocycles. The van der Waals surface area contributed by atoms with Crippen LogP contribution in [0.2, 0.25) is 0 Å². The largest absolute Gasteiger partial charge is 0.339 e. The van der Waals surface area contributed by atoms with Crippen LogP contribution < -0.4 is 0 Å². The summed E-state index contributed by atoms with van der Waals surface area (Å²) in [6.45, 7) is 5.69. The van der Waals surface area contributed by atoms with Crippen LogP contribution in [0.3, 0.4) is 0 Å². The van der Waals surface area contributed by atoms with Gasteiger partial charge in [0.25, 0.3) is 0 Å². The highest BCUT2D eigenvalue weighted by atomic mass is 32.1. The molecule has 5 nitrogen and oxygen atoms in total. The first-order valence-corrected chi connectivity index (χ1v) is 14.1. The second-order valence-electron chi connectivity index (χ2n) is 9.76. The highest BCUT2D eigenvalue weighted by Gasteiger charge is 2.33. The summed E-state index contributed by atoms with van der Waals surface area (Å²) in [4.78, 5) is 33.1. The molecule has 1 fully saturated rings. The van der Waals surface area contributed by atoms with Crippen LogP contribution in [-0.2, 0) is 16.0 Å². The maximum absolute atomic E-state index is 14.0. The van der Waals surface area contributed by atoms with Gasteiger partial charge in [-0.2, -0.15) is 0 Å². The summed E-state index contributed by atoms with van der Waals surface area (Å²) < 4.78 is 14.0. The number of fused-ring (bicyclic) bond motifs is 1. The number of benzene rings is 1. The fraction of sp³-hybridized carbons (Fsp3) is 0.571. The van der Waals surface area contributed by atoms with Gasteiger partial charge in [0.15, 0.2) is 0 Å². The molecule has 1 aromatic carbocycles. The standard InChI is InChI=1S/C28H38FN3O2S/c1-2-3-4-5-6-7-11-26(33)30-15-17-31(18-16-30)27(34)21-32-14-12-25-24(13-19-35-25)28(32)22-9-8-10-23(29)20-22/h8-10,13,19-20,28H,2-7,11-12,14-18,21H2,1H3. The van der Waals surface area contributed by atoms with Crippen molar-refractivity contribution in [3.05, 3.63) is 57.5 Å². The van der Waals surface area contributed by atoms with Crippen molar-refractivity contribution in [1.82, 2.24) is 14.7 Å². The second kappa shape index (κ2) is 12.6. The van der Waals surface area contributed by atoms with Crippen molar-refractivity contribution < 1.29 is 14.0 Å². The summed E-state index contributed by atoms with van der Waals surface area (Å²) in [5.41, 5.74) is 2.08. The van der Waals surface area contributed by atoms with E-state index < -0.39 is 0 Å². The summed E-state index contributed by atoms with van der Waals surface area (Å²) in [5, 5.41) is 2.09. The Morgan fingerprint density at radius 2 is 1.66 bits per heavy atom. The van der Waals surface area contributed by atoms with Crippen molar-refractivity contribution in [2.45, 2.75) is 64.3 Å². The minimum Gasteiger partial charge on any atom is -0.339 e. The maximum atomic E-state index is 14.0. The molecular formula is C28H38FN3O2S. The van der Waals surface area contributed by atoms with Gasteiger partial charge in [-0.25, -0.2) is 4.39 Å². The molecule has 35 heavy (non-hydrogen) atoms. The summed E-state index contributed by atoms with van der Waals surface area (Å²) in [6, 6.07) is 8.75. The number of piperazine rings is 1. The van der Waals surface area contributed by atoms with Gasteiger partial charge in [-0.15, -0.1) is 11.3 Å². The Balaban J connectivity index is 1.29. The Hall–Kier alpha value is -2.25. The first-order chi connectivity index (χ1) is 17.1. The number of carbonyl (C=O) groups excluding carboxylic acids is 2. The lowest BCUT2D eigenvalue weighted by atomic mass is 9.93. The van der Waals surface area contributed by atoms with Crippen molar-refractivity contribution in [2.24, 2.45) is 0 Å². The number of unbranched alkanes of at least 4 members (excludes halogenated alkanes) is 5. The minimum atomic E-state index is -0.252. The third-order valence-electron chi connectivity index (χ3n) is 7.30. The zero-order chi connectivity index (χ0) is 24.6. The van der Waals surface area contributed by atoms with E-state index in [1.54, 1.807) is 23.5 Å². The number of hydrogen-bond donors (Lipinski definition) is 0. The molecule has 2 aliphatic heterocycles. The SMILES string of the molecule is CCCCCCCCC(=O)N1CCN(C(=O)CN2CCc3sccc3C2c2cccc(F)c2)CC1. The van der Waals surface area contributed by atoms with Gasteiger partial charge >= 0.3 is 0 Å². The quantitative estimate of drug-likeness (QED) is 0.419. The monoisotopic (exact) mass is 499 g/mol. The predicted molar refractivity (Wildman–Crippen MR) is 139 cm³/mol. The Kier molecular flexibility index (Phi) is 9.32. The van der Waals surface area contributed by atoms with Crippen LogP contribution in [0.1, 0.15) is 73.9 Å². The van der Waals surface area contributed by atoms with Gasteiger partial charge in [-0.3, -0.25) is 14.5 Å². The van der Waals surface area contributed by atoms with E-state index in [0.29, 0.717) is 39.1 Å². The average Bonchev–Trinajstić information content (AvgIpc) is 3.35. The Labute approximate surface area is 212 Å². The molecule has 190 valence electrons. The maximum Gasteiger partial charge on any atom is 0.236 e. The van der Waals surface area contributed by atoms with Gasteiger partial charge in [0.2, 0.25) is 11.8 Å². The molecule has 1 atom stereocenters. The molecule has 2 aromatic rings. The van der Waals surface area contributed by atoms with Gasteiger partial charge in [0.1, 0.15) is 5.82 Å². The lowest BCUT2D eigenvalue weighted by molar-refractivity contribution is -0.140. The number of carbonyl (C=O) groups is 2. The van der Waals surface area contributed by atoms with Crippen LogP contribution in [0.5, 0.6) is 0 Å². The lowest BCUT2D eigenvalue weighted by Gasteiger charge is -2.39. The van der Waals surface area contributed by atoms with E-state index in [-0.39, 0.29) is 23.7 Å². The van der Waals surface area contributed by atoms with Crippen LogP contribution >= 0.6 is 11.3 Å². The van der Waals surface area contributed by atoms with Crippen LogP contribution in [0, 0.1) is 5.82 Å². The summed E-state index contributed by atoms with van der Waals surface area (Å²) in [7, 11) is 0. The highest BCUT2D eigenvalue weighted by Crippen LogP contribution is 2.37. The van der Waals surface area contributed by atoms with E-state index in [2.05, 4.69) is 23.3 Å². The van der Waals surface area contributed by atoms with Crippen molar-refractivity contribution in [1.29, 1.82) is 0 Å². The highest BCUT2D eigenvalue weighted by molar-refractivity contribution is 7.10. The van der Waals surface area contributed by atoms with E-state index >= 15 is 0 Å². The zero-order valence-electron chi connectivity index (χ0n) is 20.9. The first-order valence-electron chi connectivity index (χ1n) is 13.2. The summed E-state index contributed by atoms with van der Waals surface area (Å²) in [5.74, 6) is 0.0609. The van der Waals surface area contributed by atoms with Gasteiger partial charge in [-0.05, 0) is 47.5 Å². The van der Waals surface area contributed by atoms with Crippen LogP contribution in [0.25, 0.3) is 0 Å². The van der Waals surface area contributed by atoms with Crippen LogP contribution in [-0.4, -0.2) is 65.8 Å².